The van der Waals surface area contributed by atoms with Crippen molar-refractivity contribution in [2.75, 3.05) is 18.0 Å². The lowest BCUT2D eigenvalue weighted by Gasteiger charge is -2.20. The molecule has 1 fully saturated rings. The number of halogens is 2. The molecule has 0 spiro atoms. The Kier molecular flexibility index (Phi) is 3.23. The molecule has 0 radical (unpaired) electrons. The predicted octanol–water partition coefficient (Wildman–Crippen LogP) is 3.20. The first-order chi connectivity index (χ1) is 9.70. The monoisotopic (exact) mass is 273 g/mol. The number of nitriles is 1. The van der Waals surface area contributed by atoms with Crippen LogP contribution in [0.5, 0.6) is 0 Å². The minimum atomic E-state index is -2.28. The van der Waals surface area contributed by atoms with E-state index in [4.69, 9.17) is 5.26 Å². The Morgan fingerprint density at radius 1 is 1.35 bits per heavy atom. The second kappa shape index (κ2) is 5.04. The van der Waals surface area contributed by atoms with Crippen LogP contribution in [0.3, 0.4) is 0 Å². The summed E-state index contributed by atoms with van der Waals surface area (Å²) >= 11 is 0. The van der Waals surface area contributed by atoms with E-state index in [2.05, 4.69) is 11.1 Å². The van der Waals surface area contributed by atoms with Crippen molar-refractivity contribution >= 4 is 16.6 Å². The largest absolute Gasteiger partial charge is 0.370 e. The van der Waals surface area contributed by atoms with Gasteiger partial charge in [-0.3, -0.25) is 4.98 Å². The molecule has 3 rings (SSSR count). The third-order valence-electron chi connectivity index (χ3n) is 3.79. The minimum absolute atomic E-state index is 0.355. The molecule has 2 heterocycles. The fourth-order valence-corrected chi connectivity index (χ4v) is 2.74. The Morgan fingerprint density at radius 2 is 2.20 bits per heavy atom. The summed E-state index contributed by atoms with van der Waals surface area (Å²) < 4.78 is 25.6. The van der Waals surface area contributed by atoms with E-state index in [1.807, 2.05) is 17.0 Å². The van der Waals surface area contributed by atoms with E-state index in [9.17, 15) is 8.78 Å². The summed E-state index contributed by atoms with van der Waals surface area (Å²) in [7, 11) is 0. The lowest BCUT2D eigenvalue weighted by atomic mass is 10.1. The van der Waals surface area contributed by atoms with Gasteiger partial charge in [-0.1, -0.05) is 0 Å². The molecule has 0 bridgehead atoms. The molecule has 5 heteroatoms. The standard InChI is InChI=1S/C15H13F2N3/c16-15(17)11-5-7-20(9-11)13-4-3-10(8-18)14-12(13)2-1-6-19-14/h1-4,6,11,15H,5,7,9H2. The van der Waals surface area contributed by atoms with Crippen molar-refractivity contribution in [3.63, 3.8) is 0 Å². The molecule has 1 aliphatic rings. The number of pyridine rings is 1. The summed E-state index contributed by atoms with van der Waals surface area (Å²) in [6, 6.07) is 9.33. The van der Waals surface area contributed by atoms with Gasteiger partial charge in [0.2, 0.25) is 6.43 Å². The van der Waals surface area contributed by atoms with Gasteiger partial charge in [0.15, 0.2) is 0 Å². The van der Waals surface area contributed by atoms with Gasteiger partial charge in [-0.25, -0.2) is 8.78 Å². The molecule has 0 amide bonds. The number of benzene rings is 1. The first-order valence-corrected chi connectivity index (χ1v) is 6.51. The third kappa shape index (κ3) is 2.07. The highest BCUT2D eigenvalue weighted by Crippen LogP contribution is 2.33. The van der Waals surface area contributed by atoms with Crippen LogP contribution in [0.15, 0.2) is 30.5 Å². The molecule has 1 aromatic carbocycles. The number of rotatable bonds is 2. The number of alkyl halides is 2. The molecule has 0 N–H and O–H groups in total. The average Bonchev–Trinajstić information content (AvgIpc) is 2.96. The lowest BCUT2D eigenvalue weighted by Crippen LogP contribution is -2.22. The van der Waals surface area contributed by atoms with Crippen molar-refractivity contribution in [3.8, 4) is 6.07 Å². The SMILES string of the molecule is N#Cc1ccc(N2CCC(C(F)F)C2)c2cccnc12. The van der Waals surface area contributed by atoms with Crippen LogP contribution in [0.2, 0.25) is 0 Å². The first-order valence-electron chi connectivity index (χ1n) is 6.51. The highest BCUT2D eigenvalue weighted by molar-refractivity contribution is 5.95. The molecule has 20 heavy (non-hydrogen) atoms. The molecule has 3 nitrogen and oxygen atoms in total. The van der Waals surface area contributed by atoms with Crippen molar-refractivity contribution < 1.29 is 8.78 Å². The normalized spacial score (nSPS) is 18.7. The molecular formula is C15H13F2N3. The zero-order valence-electron chi connectivity index (χ0n) is 10.8. The predicted molar refractivity (Wildman–Crippen MR) is 72.8 cm³/mol. The maximum atomic E-state index is 12.8. The van der Waals surface area contributed by atoms with Gasteiger partial charge in [-0.2, -0.15) is 5.26 Å². The highest BCUT2D eigenvalue weighted by atomic mass is 19.3. The van der Waals surface area contributed by atoms with Crippen molar-refractivity contribution in [3.05, 3.63) is 36.0 Å². The van der Waals surface area contributed by atoms with Gasteiger partial charge < -0.3 is 4.90 Å². The molecule has 1 atom stereocenters. The zero-order valence-corrected chi connectivity index (χ0v) is 10.8. The van der Waals surface area contributed by atoms with Crippen LogP contribution in [-0.2, 0) is 0 Å². The zero-order chi connectivity index (χ0) is 14.1. The Labute approximate surface area is 115 Å². The molecule has 102 valence electrons. The van der Waals surface area contributed by atoms with Crippen LogP contribution >= 0.6 is 0 Å². The second-order valence-corrected chi connectivity index (χ2v) is 4.97. The van der Waals surface area contributed by atoms with E-state index in [1.54, 1.807) is 18.3 Å². The van der Waals surface area contributed by atoms with E-state index in [0.717, 1.165) is 11.1 Å². The van der Waals surface area contributed by atoms with E-state index in [1.165, 1.54) is 0 Å². The molecular weight excluding hydrogens is 260 g/mol. The number of anilines is 1. The maximum absolute atomic E-state index is 12.8. The van der Waals surface area contributed by atoms with Gasteiger partial charge in [0.05, 0.1) is 11.1 Å². The number of fused-ring (bicyclic) bond motifs is 1. The maximum Gasteiger partial charge on any atom is 0.243 e. The molecule has 0 aliphatic carbocycles. The van der Waals surface area contributed by atoms with Crippen LogP contribution in [0.1, 0.15) is 12.0 Å². The molecule has 1 saturated heterocycles. The van der Waals surface area contributed by atoms with Gasteiger partial charge in [0.25, 0.3) is 0 Å². The van der Waals surface area contributed by atoms with Crippen molar-refractivity contribution in [2.24, 2.45) is 5.92 Å². The molecule has 2 aromatic rings. The molecule has 1 aliphatic heterocycles. The summed E-state index contributed by atoms with van der Waals surface area (Å²) in [6.45, 7) is 0.971. The van der Waals surface area contributed by atoms with Crippen LogP contribution in [0, 0.1) is 17.2 Å². The fraction of sp³-hybridized carbons (Fsp3) is 0.333. The fourth-order valence-electron chi connectivity index (χ4n) is 2.74. The van der Waals surface area contributed by atoms with Crippen LogP contribution in [-0.4, -0.2) is 24.5 Å². The Hall–Kier alpha value is -2.22. The summed E-state index contributed by atoms with van der Waals surface area (Å²) in [5.41, 5.74) is 2.03. The Balaban J connectivity index is 2.04. The van der Waals surface area contributed by atoms with E-state index in [-0.39, 0.29) is 0 Å². The lowest BCUT2D eigenvalue weighted by molar-refractivity contribution is 0.0880. The Bertz CT molecular complexity index is 678. The first kappa shape index (κ1) is 12.8. The number of hydrogen-bond donors (Lipinski definition) is 0. The van der Waals surface area contributed by atoms with Crippen molar-refractivity contribution in [1.82, 2.24) is 4.98 Å². The molecule has 0 saturated carbocycles. The van der Waals surface area contributed by atoms with Crippen molar-refractivity contribution in [2.45, 2.75) is 12.8 Å². The van der Waals surface area contributed by atoms with E-state index in [0.29, 0.717) is 30.6 Å². The van der Waals surface area contributed by atoms with E-state index >= 15 is 0 Å². The highest BCUT2D eigenvalue weighted by Gasteiger charge is 2.30. The molecule has 1 unspecified atom stereocenters. The van der Waals surface area contributed by atoms with Gasteiger partial charge in [0.1, 0.15) is 6.07 Å². The third-order valence-corrected chi connectivity index (χ3v) is 3.79. The van der Waals surface area contributed by atoms with Crippen LogP contribution in [0.25, 0.3) is 10.9 Å². The number of hydrogen-bond acceptors (Lipinski definition) is 3. The average molecular weight is 273 g/mol. The Morgan fingerprint density at radius 3 is 2.90 bits per heavy atom. The van der Waals surface area contributed by atoms with Gasteiger partial charge in [-0.15, -0.1) is 0 Å². The summed E-state index contributed by atoms with van der Waals surface area (Å²) in [6.07, 6.45) is -0.138. The van der Waals surface area contributed by atoms with Crippen molar-refractivity contribution in [1.29, 1.82) is 5.26 Å². The number of aromatic nitrogens is 1. The summed E-state index contributed by atoms with van der Waals surface area (Å²) in [5.74, 6) is -0.572. The van der Waals surface area contributed by atoms with E-state index < -0.39 is 12.3 Å². The topological polar surface area (TPSA) is 39.9 Å². The second-order valence-electron chi connectivity index (χ2n) is 4.97. The van der Waals surface area contributed by atoms with Gasteiger partial charge >= 0.3 is 0 Å². The molecule has 1 aromatic heterocycles. The number of nitrogens with zero attached hydrogens (tertiary/aromatic N) is 3. The quantitative estimate of drug-likeness (QED) is 0.843. The summed E-state index contributed by atoms with van der Waals surface area (Å²) in [4.78, 5) is 6.20. The van der Waals surface area contributed by atoms with Crippen LogP contribution < -0.4 is 4.90 Å². The smallest absolute Gasteiger partial charge is 0.243 e. The van der Waals surface area contributed by atoms with Gasteiger partial charge in [-0.05, 0) is 30.7 Å². The minimum Gasteiger partial charge on any atom is -0.370 e. The summed E-state index contributed by atoms with van der Waals surface area (Å²) in [5, 5.41) is 9.95. The van der Waals surface area contributed by atoms with Crippen LogP contribution in [0.4, 0.5) is 14.5 Å². The van der Waals surface area contributed by atoms with Gasteiger partial charge in [0, 0.05) is 36.3 Å².